The number of nitrogens with one attached hydrogen (secondary N) is 1. The fraction of sp³-hybridized carbons (Fsp3) is 0.0714. The van der Waals surface area contributed by atoms with E-state index in [9.17, 15) is 8.42 Å². The van der Waals surface area contributed by atoms with Gasteiger partial charge < -0.3 is 5.32 Å². The van der Waals surface area contributed by atoms with Gasteiger partial charge in [-0.15, -0.1) is 6.58 Å². The maximum Gasteiger partial charge on any atom is 0.181 e. The lowest BCUT2D eigenvalue weighted by Crippen LogP contribution is -2.05. The van der Waals surface area contributed by atoms with Crippen molar-refractivity contribution in [2.45, 2.75) is 4.90 Å². The number of sulfone groups is 1. The molecule has 21 heavy (non-hydrogen) atoms. The van der Waals surface area contributed by atoms with Gasteiger partial charge in [-0.1, -0.05) is 6.08 Å². The van der Waals surface area contributed by atoms with Crippen molar-refractivity contribution in [2.75, 3.05) is 11.1 Å². The zero-order valence-corrected chi connectivity index (χ0v) is 11.7. The second-order valence-corrected chi connectivity index (χ2v) is 5.84. The first-order chi connectivity index (χ1) is 9.98. The van der Waals surface area contributed by atoms with Gasteiger partial charge in [0.05, 0.1) is 10.6 Å². The highest BCUT2D eigenvalue weighted by Gasteiger charge is 2.12. The molecule has 0 amide bonds. The van der Waals surface area contributed by atoms with Gasteiger partial charge >= 0.3 is 0 Å². The molecule has 1 N–H and O–H groups in total. The lowest BCUT2D eigenvalue weighted by atomic mass is 10.2. The van der Waals surface area contributed by atoms with Gasteiger partial charge in [0.2, 0.25) is 0 Å². The van der Waals surface area contributed by atoms with Crippen LogP contribution in [0.2, 0.25) is 0 Å². The van der Waals surface area contributed by atoms with Crippen molar-refractivity contribution in [3.8, 4) is 18.2 Å². The van der Waals surface area contributed by atoms with Crippen LogP contribution >= 0.6 is 0 Å². The van der Waals surface area contributed by atoms with Gasteiger partial charge in [0.25, 0.3) is 0 Å². The zero-order valence-electron chi connectivity index (χ0n) is 10.9. The van der Waals surface area contributed by atoms with Crippen LogP contribution in [0.1, 0.15) is 0 Å². The Morgan fingerprint density at radius 1 is 1.14 bits per heavy atom. The molecule has 0 unspecified atom stereocenters. The number of anilines is 1. The monoisotopic (exact) mass is 298 g/mol. The van der Waals surface area contributed by atoms with Crippen LogP contribution in [-0.4, -0.2) is 14.2 Å². The molecule has 0 fully saturated rings. The molecule has 0 saturated carbocycles. The van der Waals surface area contributed by atoms with E-state index in [4.69, 9.17) is 15.8 Å². The van der Waals surface area contributed by atoms with E-state index < -0.39 is 9.84 Å². The molecule has 1 aromatic carbocycles. The van der Waals surface area contributed by atoms with E-state index in [-0.39, 0.29) is 21.9 Å². The maximum atomic E-state index is 11.8. The Labute approximate surface area is 122 Å². The van der Waals surface area contributed by atoms with Gasteiger partial charge in [-0.25, -0.2) is 8.42 Å². The van der Waals surface area contributed by atoms with Gasteiger partial charge in [-0.2, -0.15) is 15.8 Å². The van der Waals surface area contributed by atoms with Crippen LogP contribution in [0.25, 0.3) is 0 Å². The van der Waals surface area contributed by atoms with Crippen LogP contribution in [0, 0.1) is 34.0 Å². The predicted molar refractivity (Wildman–Crippen MR) is 76.2 cm³/mol. The number of nitrogens with zero attached hydrogens (tertiary/aromatic N) is 3. The molecule has 0 heterocycles. The highest BCUT2D eigenvalue weighted by Crippen LogP contribution is 2.17. The molecule has 104 valence electrons. The summed E-state index contributed by atoms with van der Waals surface area (Å²) in [6.07, 6.45) is 1.30. The van der Waals surface area contributed by atoms with Crippen LogP contribution in [0.5, 0.6) is 0 Å². The van der Waals surface area contributed by atoms with E-state index in [1.54, 1.807) is 18.2 Å². The summed E-state index contributed by atoms with van der Waals surface area (Å²) in [5, 5.41) is 28.9. The molecule has 1 rings (SSSR count). The molecule has 0 aliphatic rings. The number of benzene rings is 1. The van der Waals surface area contributed by atoms with E-state index in [0.29, 0.717) is 5.69 Å². The van der Waals surface area contributed by atoms with Gasteiger partial charge in [0, 0.05) is 5.69 Å². The SMILES string of the molecule is C=CCS(=O)(=O)c1ccc(NC(C#N)=C(C#N)C#N)cc1. The van der Waals surface area contributed by atoms with Crippen molar-refractivity contribution in [3.05, 3.63) is 48.2 Å². The third kappa shape index (κ3) is 3.94. The summed E-state index contributed by atoms with van der Waals surface area (Å²) in [4.78, 5) is 0.122. The topological polar surface area (TPSA) is 118 Å². The van der Waals surface area contributed by atoms with Crippen molar-refractivity contribution in [3.63, 3.8) is 0 Å². The molecule has 0 radical (unpaired) electrons. The quantitative estimate of drug-likeness (QED) is 0.655. The third-order valence-corrected chi connectivity index (χ3v) is 4.07. The third-order valence-electron chi connectivity index (χ3n) is 2.41. The minimum atomic E-state index is -3.41. The number of nitriles is 3. The Morgan fingerprint density at radius 3 is 2.14 bits per heavy atom. The summed E-state index contributed by atoms with van der Waals surface area (Å²) in [6.45, 7) is 3.38. The fourth-order valence-electron chi connectivity index (χ4n) is 1.42. The molecule has 0 aliphatic heterocycles. The average molecular weight is 298 g/mol. The summed E-state index contributed by atoms with van der Waals surface area (Å²) in [6, 6.07) is 10.5. The Bertz CT molecular complexity index is 785. The van der Waals surface area contributed by atoms with Crippen molar-refractivity contribution in [1.82, 2.24) is 0 Å². The van der Waals surface area contributed by atoms with Crippen molar-refractivity contribution in [1.29, 1.82) is 15.8 Å². The van der Waals surface area contributed by atoms with Crippen LogP contribution in [0.15, 0.2) is 53.1 Å². The second-order valence-electron chi connectivity index (χ2n) is 3.80. The van der Waals surface area contributed by atoms with Gasteiger partial charge in [0.15, 0.2) is 15.4 Å². The Kier molecular flexibility index (Phi) is 5.25. The normalized spacial score (nSPS) is 9.57. The Morgan fingerprint density at radius 2 is 1.71 bits per heavy atom. The van der Waals surface area contributed by atoms with Crippen LogP contribution in [0.4, 0.5) is 5.69 Å². The lowest BCUT2D eigenvalue weighted by molar-refractivity contribution is 0.599. The molecule has 0 atom stereocenters. The molecule has 0 aliphatic carbocycles. The fourth-order valence-corrected chi connectivity index (χ4v) is 2.48. The molecule has 6 nitrogen and oxygen atoms in total. The molecular weight excluding hydrogens is 288 g/mol. The lowest BCUT2D eigenvalue weighted by Gasteiger charge is -2.06. The van der Waals surface area contributed by atoms with Gasteiger partial charge in [-0.3, -0.25) is 0 Å². The zero-order chi connectivity index (χ0) is 15.9. The standard InChI is InChI=1S/C14H10N4O2S/c1-2-7-21(19,20)13-5-3-12(4-6-13)18-14(10-17)11(8-15)9-16/h2-6,18H,1,7H2. The van der Waals surface area contributed by atoms with E-state index >= 15 is 0 Å². The Balaban J connectivity index is 3.09. The summed E-state index contributed by atoms with van der Waals surface area (Å²) in [5.41, 5.74) is -0.144. The Hall–Kier alpha value is -3.08. The first-order valence-electron chi connectivity index (χ1n) is 5.63. The van der Waals surface area contributed by atoms with Crippen LogP contribution in [-0.2, 0) is 9.84 Å². The van der Waals surface area contributed by atoms with Crippen molar-refractivity contribution >= 4 is 15.5 Å². The number of rotatable bonds is 5. The summed E-state index contributed by atoms with van der Waals surface area (Å²) in [5.74, 6) is -0.170. The minimum Gasteiger partial charge on any atom is -0.345 e. The number of allylic oxidation sites excluding steroid dienone is 2. The highest BCUT2D eigenvalue weighted by atomic mass is 32.2. The largest absolute Gasteiger partial charge is 0.345 e. The van der Waals surface area contributed by atoms with Crippen molar-refractivity contribution < 1.29 is 8.42 Å². The smallest absolute Gasteiger partial charge is 0.181 e. The van der Waals surface area contributed by atoms with E-state index in [0.717, 1.165) is 0 Å². The van der Waals surface area contributed by atoms with E-state index in [2.05, 4.69) is 11.9 Å². The summed E-state index contributed by atoms with van der Waals surface area (Å²) in [7, 11) is -3.41. The highest BCUT2D eigenvalue weighted by molar-refractivity contribution is 7.91. The number of hydrogen-bond donors (Lipinski definition) is 1. The molecule has 0 saturated heterocycles. The predicted octanol–water partition coefficient (Wildman–Crippen LogP) is 1.88. The molecular formula is C14H10N4O2S. The van der Waals surface area contributed by atoms with Crippen LogP contribution < -0.4 is 5.32 Å². The van der Waals surface area contributed by atoms with E-state index in [1.807, 2.05) is 0 Å². The van der Waals surface area contributed by atoms with E-state index in [1.165, 1.54) is 30.3 Å². The second kappa shape index (κ2) is 6.91. The first kappa shape index (κ1) is 16.0. The number of hydrogen-bond acceptors (Lipinski definition) is 6. The van der Waals surface area contributed by atoms with Crippen molar-refractivity contribution in [2.24, 2.45) is 0 Å². The molecule has 0 bridgehead atoms. The summed E-state index contributed by atoms with van der Waals surface area (Å²) >= 11 is 0. The molecule has 1 aromatic rings. The van der Waals surface area contributed by atoms with Gasteiger partial charge in [-0.05, 0) is 24.3 Å². The molecule has 7 heteroatoms. The molecule has 0 aromatic heterocycles. The average Bonchev–Trinajstić information content (AvgIpc) is 2.47. The van der Waals surface area contributed by atoms with Crippen LogP contribution in [0.3, 0.4) is 0 Å². The first-order valence-corrected chi connectivity index (χ1v) is 7.29. The maximum absolute atomic E-state index is 11.8. The molecule has 0 spiro atoms. The minimum absolute atomic E-state index is 0.122. The summed E-state index contributed by atoms with van der Waals surface area (Å²) < 4.78 is 23.6. The van der Waals surface area contributed by atoms with Gasteiger partial charge in [0.1, 0.15) is 23.9 Å².